The van der Waals surface area contributed by atoms with E-state index in [0.29, 0.717) is 0 Å². The summed E-state index contributed by atoms with van der Waals surface area (Å²) in [6.45, 7) is 0. The summed E-state index contributed by atoms with van der Waals surface area (Å²) in [5.74, 6) is 0. The molecule has 0 fully saturated rings. The molecule has 0 bridgehead atoms. The molecule has 3 nitrogen and oxygen atoms in total. The molecule has 6 heteroatoms. The van der Waals surface area contributed by atoms with Gasteiger partial charge in [-0.1, -0.05) is 0 Å². The number of hydrogen-bond acceptors (Lipinski definition) is 2. The van der Waals surface area contributed by atoms with E-state index in [1.54, 1.807) is 0 Å². The lowest BCUT2D eigenvalue weighted by Gasteiger charge is -2.06. The average molecular weight is 175 g/mol. The first kappa shape index (κ1) is 8.59. The van der Waals surface area contributed by atoms with Crippen molar-refractivity contribution >= 4 is 0 Å². The van der Waals surface area contributed by atoms with E-state index in [0.717, 1.165) is 10.9 Å². The van der Waals surface area contributed by atoms with Gasteiger partial charge < -0.3 is 4.57 Å². The summed E-state index contributed by atoms with van der Waals surface area (Å²) in [6.07, 6.45) is -3.56. The van der Waals surface area contributed by atoms with Crippen LogP contribution in [0.5, 0.6) is 0 Å². The molecule has 0 aliphatic carbocycles. The van der Waals surface area contributed by atoms with E-state index >= 15 is 0 Å². The highest BCUT2D eigenvalue weighted by Crippen LogP contribution is 2.30. The van der Waals surface area contributed by atoms with Crippen LogP contribution in [-0.4, -0.2) is 9.55 Å². The lowest BCUT2D eigenvalue weighted by molar-refractivity contribution is -0.143. The Kier molecular flexibility index (Phi) is 1.80. The molecule has 1 aromatic rings. The fraction of sp³-hybridized carbons (Fsp3) is 0.333. The van der Waals surface area contributed by atoms with E-state index < -0.39 is 17.6 Å². The summed E-state index contributed by atoms with van der Waals surface area (Å²) < 4.78 is 37.1. The minimum Gasteiger partial charge on any atom is -0.329 e. The number of aryl methyl sites for hydroxylation is 1. The number of hydrogen-bond donors (Lipinski definition) is 0. The molecule has 0 N–H and O–H groups in total. The highest BCUT2D eigenvalue weighted by molar-refractivity contribution is 5.28. The third-order valence-electron chi connectivity index (χ3n) is 1.31. The number of nitrogens with zero attached hydrogens (tertiary/aromatic N) is 3. The Labute approximate surface area is 66.1 Å². The molecule has 0 radical (unpaired) electrons. The van der Waals surface area contributed by atoms with Crippen LogP contribution < -0.4 is 0 Å². The molecule has 0 spiro atoms. The van der Waals surface area contributed by atoms with Crippen LogP contribution in [0.3, 0.4) is 0 Å². The standard InChI is InChI=1S/C6H4F3N3/c1-12-3-11-4(2-10)5(12)6(7,8)9/h3H,1H3. The van der Waals surface area contributed by atoms with Crippen LogP contribution in [0.4, 0.5) is 13.2 Å². The predicted molar refractivity (Wildman–Crippen MR) is 32.9 cm³/mol. The van der Waals surface area contributed by atoms with Gasteiger partial charge in [-0.05, 0) is 0 Å². The summed E-state index contributed by atoms with van der Waals surface area (Å²) in [5.41, 5.74) is -1.60. The van der Waals surface area contributed by atoms with E-state index in [2.05, 4.69) is 4.98 Å². The molecule has 0 aliphatic heterocycles. The van der Waals surface area contributed by atoms with Gasteiger partial charge in [-0.15, -0.1) is 0 Å². The van der Waals surface area contributed by atoms with Gasteiger partial charge in [0.25, 0.3) is 0 Å². The number of halogens is 3. The van der Waals surface area contributed by atoms with Crippen LogP contribution >= 0.6 is 0 Å². The maximum Gasteiger partial charge on any atom is 0.434 e. The van der Waals surface area contributed by atoms with Gasteiger partial charge in [0.1, 0.15) is 6.07 Å². The molecule has 0 atom stereocenters. The second-order valence-electron chi connectivity index (χ2n) is 2.16. The van der Waals surface area contributed by atoms with E-state index in [9.17, 15) is 13.2 Å². The van der Waals surface area contributed by atoms with Gasteiger partial charge in [-0.3, -0.25) is 0 Å². The number of aromatic nitrogens is 2. The second kappa shape index (κ2) is 2.52. The zero-order valence-corrected chi connectivity index (χ0v) is 6.05. The molecular formula is C6H4F3N3. The summed E-state index contributed by atoms with van der Waals surface area (Å²) in [4.78, 5) is 3.28. The minimum absolute atomic E-state index is 0.593. The van der Waals surface area contributed by atoms with E-state index in [1.165, 1.54) is 13.1 Å². The Balaban J connectivity index is 3.32. The van der Waals surface area contributed by atoms with Gasteiger partial charge in [-0.25, -0.2) is 4.98 Å². The zero-order chi connectivity index (χ0) is 9.35. The van der Waals surface area contributed by atoms with Crippen LogP contribution in [0.2, 0.25) is 0 Å². The normalized spacial score (nSPS) is 11.2. The molecule has 0 amide bonds. The van der Waals surface area contributed by atoms with Crippen LogP contribution in [0.15, 0.2) is 6.33 Å². The molecule has 12 heavy (non-hydrogen) atoms. The fourth-order valence-corrected chi connectivity index (χ4v) is 0.846. The fourth-order valence-electron chi connectivity index (χ4n) is 0.846. The summed E-state index contributed by atoms with van der Waals surface area (Å²) in [7, 11) is 1.19. The lowest BCUT2D eigenvalue weighted by atomic mass is 10.3. The van der Waals surface area contributed by atoms with E-state index in [4.69, 9.17) is 5.26 Å². The monoisotopic (exact) mass is 175 g/mol. The lowest BCUT2D eigenvalue weighted by Crippen LogP contribution is -2.12. The summed E-state index contributed by atoms with van der Waals surface area (Å²) in [5, 5.41) is 8.27. The third-order valence-corrected chi connectivity index (χ3v) is 1.31. The Bertz CT molecular complexity index is 331. The topological polar surface area (TPSA) is 41.6 Å². The average Bonchev–Trinajstić information content (AvgIpc) is 2.29. The van der Waals surface area contributed by atoms with Crippen molar-refractivity contribution in [1.82, 2.24) is 9.55 Å². The van der Waals surface area contributed by atoms with Crippen LogP contribution in [0.1, 0.15) is 11.4 Å². The molecule has 0 unspecified atom stereocenters. The molecule has 0 saturated carbocycles. The smallest absolute Gasteiger partial charge is 0.329 e. The molecule has 1 rings (SSSR count). The van der Waals surface area contributed by atoms with Gasteiger partial charge in [0.15, 0.2) is 11.4 Å². The molecular weight excluding hydrogens is 171 g/mol. The first-order valence-electron chi connectivity index (χ1n) is 2.95. The van der Waals surface area contributed by atoms with Gasteiger partial charge in [0.05, 0.1) is 6.33 Å². The van der Waals surface area contributed by atoms with Crippen molar-refractivity contribution in [3.05, 3.63) is 17.7 Å². The largest absolute Gasteiger partial charge is 0.434 e. The summed E-state index contributed by atoms with van der Waals surface area (Å²) in [6, 6.07) is 1.37. The Hall–Kier alpha value is -1.51. The molecule has 64 valence electrons. The quantitative estimate of drug-likeness (QED) is 0.596. The summed E-state index contributed by atoms with van der Waals surface area (Å²) >= 11 is 0. The van der Waals surface area contributed by atoms with Crippen molar-refractivity contribution in [3.63, 3.8) is 0 Å². The number of nitriles is 1. The number of alkyl halides is 3. The van der Waals surface area contributed by atoms with Gasteiger partial charge in [0.2, 0.25) is 0 Å². The second-order valence-corrected chi connectivity index (χ2v) is 2.16. The number of rotatable bonds is 0. The van der Waals surface area contributed by atoms with Gasteiger partial charge >= 0.3 is 6.18 Å². The highest BCUT2D eigenvalue weighted by Gasteiger charge is 2.37. The van der Waals surface area contributed by atoms with Crippen LogP contribution in [0, 0.1) is 11.3 Å². The van der Waals surface area contributed by atoms with Crippen LogP contribution in [-0.2, 0) is 13.2 Å². The Morgan fingerprint density at radius 3 is 2.50 bits per heavy atom. The number of imidazole rings is 1. The molecule has 1 aromatic heterocycles. The molecule has 1 heterocycles. The van der Waals surface area contributed by atoms with Crippen molar-refractivity contribution in [1.29, 1.82) is 5.26 Å². The van der Waals surface area contributed by atoms with E-state index in [-0.39, 0.29) is 0 Å². The van der Waals surface area contributed by atoms with Crippen molar-refractivity contribution in [2.75, 3.05) is 0 Å². The van der Waals surface area contributed by atoms with Gasteiger partial charge in [-0.2, -0.15) is 18.4 Å². The highest BCUT2D eigenvalue weighted by atomic mass is 19.4. The SMILES string of the molecule is Cn1cnc(C#N)c1C(F)(F)F. The third kappa shape index (κ3) is 1.25. The van der Waals surface area contributed by atoms with Crippen LogP contribution in [0.25, 0.3) is 0 Å². The predicted octanol–water partition coefficient (Wildman–Crippen LogP) is 1.31. The first-order chi connectivity index (χ1) is 5.46. The van der Waals surface area contributed by atoms with Crippen molar-refractivity contribution in [3.8, 4) is 6.07 Å². The maximum absolute atomic E-state index is 12.1. The maximum atomic E-state index is 12.1. The minimum atomic E-state index is -4.52. The first-order valence-corrected chi connectivity index (χ1v) is 2.95. The van der Waals surface area contributed by atoms with Crippen molar-refractivity contribution in [2.45, 2.75) is 6.18 Å². The van der Waals surface area contributed by atoms with Crippen molar-refractivity contribution in [2.24, 2.45) is 7.05 Å². The van der Waals surface area contributed by atoms with E-state index in [1.807, 2.05) is 0 Å². The Morgan fingerprint density at radius 2 is 2.17 bits per heavy atom. The van der Waals surface area contributed by atoms with Gasteiger partial charge in [0, 0.05) is 7.05 Å². The molecule has 0 saturated heterocycles. The molecule has 0 aromatic carbocycles. The van der Waals surface area contributed by atoms with Crippen molar-refractivity contribution < 1.29 is 13.2 Å². The zero-order valence-electron chi connectivity index (χ0n) is 6.05. The molecule has 0 aliphatic rings. The Morgan fingerprint density at radius 1 is 1.58 bits per heavy atom.